The summed E-state index contributed by atoms with van der Waals surface area (Å²) in [6.07, 6.45) is -3.87. The van der Waals surface area contributed by atoms with Crippen LogP contribution in [0.3, 0.4) is 0 Å². The first-order valence-corrected chi connectivity index (χ1v) is 7.52. The van der Waals surface area contributed by atoms with Crippen LogP contribution in [-0.2, 0) is 12.7 Å². The van der Waals surface area contributed by atoms with Gasteiger partial charge < -0.3 is 0 Å². The molecule has 0 N–H and O–H groups in total. The van der Waals surface area contributed by atoms with E-state index in [1.165, 1.54) is 16.8 Å². The van der Waals surface area contributed by atoms with Crippen LogP contribution >= 0.6 is 23.2 Å². The zero-order valence-electron chi connectivity index (χ0n) is 11.9. The lowest BCUT2D eigenvalue weighted by Gasteiger charge is -2.13. The van der Waals surface area contributed by atoms with Crippen molar-refractivity contribution in [2.24, 2.45) is 0 Å². The predicted molar refractivity (Wildman–Crippen MR) is 85.7 cm³/mol. The third kappa shape index (κ3) is 3.12. The zero-order chi connectivity index (χ0) is 17.5. The topological polar surface area (TPSA) is 34.9 Å². The molecule has 124 valence electrons. The number of nitrogens with zero attached hydrogens (tertiary/aromatic N) is 2. The second-order valence-electron chi connectivity index (χ2n) is 5.14. The van der Waals surface area contributed by atoms with E-state index in [0.29, 0.717) is 22.8 Å². The van der Waals surface area contributed by atoms with Gasteiger partial charge in [0, 0.05) is 16.0 Å². The van der Waals surface area contributed by atoms with E-state index in [-0.39, 0.29) is 22.3 Å². The number of alkyl halides is 3. The Bertz CT molecular complexity index is 935. The van der Waals surface area contributed by atoms with Gasteiger partial charge in [-0.1, -0.05) is 29.3 Å². The highest BCUT2D eigenvalue weighted by Crippen LogP contribution is 2.35. The van der Waals surface area contributed by atoms with Gasteiger partial charge in [-0.25, -0.2) is 0 Å². The summed E-state index contributed by atoms with van der Waals surface area (Å²) in [5.74, 6) is 0. The zero-order valence-corrected chi connectivity index (χ0v) is 13.5. The first kappa shape index (κ1) is 16.8. The van der Waals surface area contributed by atoms with Gasteiger partial charge in [-0.15, -0.1) is 0 Å². The monoisotopic (exact) mass is 372 g/mol. The van der Waals surface area contributed by atoms with Gasteiger partial charge in [0.05, 0.1) is 17.6 Å². The third-order valence-corrected chi connectivity index (χ3v) is 4.08. The van der Waals surface area contributed by atoms with Crippen LogP contribution in [0.15, 0.2) is 36.4 Å². The Morgan fingerprint density at radius 2 is 1.88 bits per heavy atom. The van der Waals surface area contributed by atoms with E-state index in [0.717, 1.165) is 6.07 Å². The molecule has 3 nitrogen and oxygen atoms in total. The molecule has 0 fully saturated rings. The van der Waals surface area contributed by atoms with Crippen molar-refractivity contribution < 1.29 is 18.0 Å². The Morgan fingerprint density at radius 1 is 1.12 bits per heavy atom. The smallest absolute Gasteiger partial charge is 0.298 e. The van der Waals surface area contributed by atoms with Gasteiger partial charge in [0.25, 0.3) is 0 Å². The molecular formula is C16H9Cl2F3N2O. The first-order chi connectivity index (χ1) is 11.3. The molecule has 0 saturated heterocycles. The number of hydrogen-bond donors (Lipinski definition) is 0. The summed E-state index contributed by atoms with van der Waals surface area (Å²) in [5, 5.41) is 4.70. The second-order valence-corrected chi connectivity index (χ2v) is 5.94. The van der Waals surface area contributed by atoms with E-state index >= 15 is 0 Å². The fourth-order valence-electron chi connectivity index (χ4n) is 2.46. The number of aromatic nitrogens is 2. The Kier molecular flexibility index (Phi) is 4.27. The molecular weight excluding hydrogens is 364 g/mol. The summed E-state index contributed by atoms with van der Waals surface area (Å²) in [4.78, 5) is 10.8. The van der Waals surface area contributed by atoms with Gasteiger partial charge in [-0.3, -0.25) is 9.48 Å². The summed E-state index contributed by atoms with van der Waals surface area (Å²) in [6.45, 7) is -0.129. The SMILES string of the molecule is O=Cc1ccc2c(c1)c(Cl)nn2Cc1ccc(Cl)cc1C(F)(F)F. The molecule has 8 heteroatoms. The van der Waals surface area contributed by atoms with Gasteiger partial charge in [0.15, 0.2) is 5.15 Å². The van der Waals surface area contributed by atoms with Gasteiger partial charge in [0.1, 0.15) is 6.29 Å². The van der Waals surface area contributed by atoms with Crippen LogP contribution in [-0.4, -0.2) is 16.1 Å². The van der Waals surface area contributed by atoms with Crippen LogP contribution < -0.4 is 0 Å². The van der Waals surface area contributed by atoms with Gasteiger partial charge in [0.2, 0.25) is 0 Å². The number of fused-ring (bicyclic) bond motifs is 1. The normalized spacial score (nSPS) is 11.9. The summed E-state index contributed by atoms with van der Waals surface area (Å²) in [7, 11) is 0. The molecule has 3 rings (SSSR count). The van der Waals surface area contributed by atoms with Crippen LogP contribution in [0.4, 0.5) is 13.2 Å². The standard InChI is InChI=1S/C16H9Cl2F3N2O/c17-11-3-2-10(13(6-11)16(19,20)21)7-23-14-4-1-9(8-24)5-12(14)15(18)22-23/h1-6,8H,7H2. The molecule has 3 aromatic rings. The fourth-order valence-corrected chi connectivity index (χ4v) is 2.88. The average Bonchev–Trinajstić information content (AvgIpc) is 2.83. The molecule has 0 spiro atoms. The van der Waals surface area contributed by atoms with Gasteiger partial charge >= 0.3 is 6.18 Å². The number of halogens is 5. The molecule has 0 saturated carbocycles. The number of rotatable bonds is 3. The Balaban J connectivity index is 2.10. The van der Waals surface area contributed by atoms with Crippen molar-refractivity contribution in [1.29, 1.82) is 0 Å². The van der Waals surface area contributed by atoms with Crippen LogP contribution in [0.1, 0.15) is 21.5 Å². The number of benzene rings is 2. The molecule has 0 aliphatic rings. The van der Waals surface area contributed by atoms with Crippen molar-refractivity contribution in [1.82, 2.24) is 9.78 Å². The summed E-state index contributed by atoms with van der Waals surface area (Å²) < 4.78 is 41.0. The largest absolute Gasteiger partial charge is 0.416 e. The Hall–Kier alpha value is -2.05. The lowest BCUT2D eigenvalue weighted by molar-refractivity contribution is -0.138. The molecule has 24 heavy (non-hydrogen) atoms. The summed E-state index contributed by atoms with van der Waals surface area (Å²) in [5.41, 5.74) is 0.145. The molecule has 0 aliphatic carbocycles. The van der Waals surface area contributed by atoms with Gasteiger partial charge in [-0.2, -0.15) is 18.3 Å². The van der Waals surface area contributed by atoms with Crippen molar-refractivity contribution in [3.63, 3.8) is 0 Å². The number of hydrogen-bond acceptors (Lipinski definition) is 2. The minimum absolute atomic E-state index is 0.00468. The minimum atomic E-state index is -4.53. The molecule has 0 atom stereocenters. The maximum atomic E-state index is 13.2. The highest BCUT2D eigenvalue weighted by molar-refractivity contribution is 6.34. The molecule has 0 aliphatic heterocycles. The molecule has 0 bridgehead atoms. The fraction of sp³-hybridized carbons (Fsp3) is 0.125. The van der Waals surface area contributed by atoms with Crippen molar-refractivity contribution in [2.75, 3.05) is 0 Å². The van der Waals surface area contributed by atoms with Crippen LogP contribution in [0.25, 0.3) is 10.9 Å². The van der Waals surface area contributed by atoms with Crippen LogP contribution in [0, 0.1) is 0 Å². The molecule has 0 radical (unpaired) electrons. The first-order valence-electron chi connectivity index (χ1n) is 6.76. The lowest BCUT2D eigenvalue weighted by Crippen LogP contribution is -2.12. The maximum Gasteiger partial charge on any atom is 0.416 e. The van der Waals surface area contributed by atoms with Crippen LogP contribution in [0.2, 0.25) is 10.2 Å². The van der Waals surface area contributed by atoms with E-state index in [4.69, 9.17) is 23.2 Å². The van der Waals surface area contributed by atoms with Crippen molar-refractivity contribution >= 4 is 40.4 Å². The van der Waals surface area contributed by atoms with E-state index in [1.54, 1.807) is 18.2 Å². The van der Waals surface area contributed by atoms with E-state index in [1.807, 2.05) is 0 Å². The molecule has 1 heterocycles. The Labute approximate surface area is 144 Å². The predicted octanol–water partition coefficient (Wildman–Crippen LogP) is 5.22. The highest BCUT2D eigenvalue weighted by atomic mass is 35.5. The van der Waals surface area contributed by atoms with E-state index in [2.05, 4.69) is 5.10 Å². The highest BCUT2D eigenvalue weighted by Gasteiger charge is 2.33. The van der Waals surface area contributed by atoms with E-state index < -0.39 is 11.7 Å². The second kappa shape index (κ2) is 6.11. The molecule has 0 unspecified atom stereocenters. The third-order valence-electron chi connectivity index (χ3n) is 3.56. The van der Waals surface area contributed by atoms with E-state index in [9.17, 15) is 18.0 Å². The minimum Gasteiger partial charge on any atom is -0.298 e. The van der Waals surface area contributed by atoms with Crippen molar-refractivity contribution in [2.45, 2.75) is 12.7 Å². The molecule has 0 amide bonds. The molecule has 1 aromatic heterocycles. The van der Waals surface area contributed by atoms with Crippen molar-refractivity contribution in [3.8, 4) is 0 Å². The summed E-state index contributed by atoms with van der Waals surface area (Å²) >= 11 is 11.7. The summed E-state index contributed by atoms with van der Waals surface area (Å²) in [6, 6.07) is 8.28. The number of carbonyl (C=O) groups is 1. The van der Waals surface area contributed by atoms with Crippen LogP contribution in [0.5, 0.6) is 0 Å². The maximum absolute atomic E-state index is 13.2. The number of carbonyl (C=O) groups excluding carboxylic acids is 1. The van der Waals surface area contributed by atoms with Gasteiger partial charge in [-0.05, 0) is 35.9 Å². The Morgan fingerprint density at radius 3 is 2.54 bits per heavy atom. The molecule has 2 aromatic carbocycles. The van der Waals surface area contributed by atoms with Crippen molar-refractivity contribution in [3.05, 3.63) is 63.3 Å². The number of aldehydes is 1. The quantitative estimate of drug-likeness (QED) is 0.590. The average molecular weight is 373 g/mol. The lowest BCUT2D eigenvalue weighted by atomic mass is 10.1.